The SMILES string of the molecule is NC(=S)Nc1ccccc1-c1ccccc1[N+](=O)[O-]. The number of nitrogens with zero attached hydrogens (tertiary/aromatic N) is 1. The molecule has 6 heteroatoms. The Kier molecular flexibility index (Phi) is 3.72. The van der Waals surface area contributed by atoms with Crippen molar-refractivity contribution in [2.45, 2.75) is 0 Å². The average Bonchev–Trinajstić information content (AvgIpc) is 2.38. The van der Waals surface area contributed by atoms with Gasteiger partial charge in [-0.3, -0.25) is 10.1 Å². The summed E-state index contributed by atoms with van der Waals surface area (Å²) in [6, 6.07) is 13.7. The zero-order chi connectivity index (χ0) is 13.8. The van der Waals surface area contributed by atoms with Crippen LogP contribution in [0.5, 0.6) is 0 Å². The van der Waals surface area contributed by atoms with Crippen molar-refractivity contribution in [3.8, 4) is 11.1 Å². The number of hydrogen-bond donors (Lipinski definition) is 2. The van der Waals surface area contributed by atoms with Gasteiger partial charge in [0, 0.05) is 17.3 Å². The van der Waals surface area contributed by atoms with Crippen molar-refractivity contribution in [3.63, 3.8) is 0 Å². The monoisotopic (exact) mass is 273 g/mol. The highest BCUT2D eigenvalue weighted by atomic mass is 32.1. The second-order valence-electron chi connectivity index (χ2n) is 3.81. The molecule has 0 spiro atoms. The number of rotatable bonds is 3. The van der Waals surface area contributed by atoms with E-state index in [9.17, 15) is 10.1 Å². The highest BCUT2D eigenvalue weighted by Crippen LogP contribution is 2.34. The van der Waals surface area contributed by atoms with Crippen LogP contribution >= 0.6 is 12.2 Å². The molecule has 19 heavy (non-hydrogen) atoms. The molecule has 0 saturated heterocycles. The van der Waals surface area contributed by atoms with E-state index in [1.807, 2.05) is 0 Å². The summed E-state index contributed by atoms with van der Waals surface area (Å²) in [5.41, 5.74) is 7.34. The summed E-state index contributed by atoms with van der Waals surface area (Å²) in [4.78, 5) is 10.7. The Morgan fingerprint density at radius 1 is 1.11 bits per heavy atom. The fourth-order valence-corrected chi connectivity index (χ4v) is 1.93. The van der Waals surface area contributed by atoms with E-state index in [-0.39, 0.29) is 10.8 Å². The maximum atomic E-state index is 11.1. The quantitative estimate of drug-likeness (QED) is 0.510. The highest BCUT2D eigenvalue weighted by Gasteiger charge is 2.16. The summed E-state index contributed by atoms with van der Waals surface area (Å²) in [6.07, 6.45) is 0. The first kappa shape index (κ1) is 13.0. The Balaban J connectivity index is 2.59. The summed E-state index contributed by atoms with van der Waals surface area (Å²) < 4.78 is 0. The molecule has 0 saturated carbocycles. The van der Waals surface area contributed by atoms with Crippen molar-refractivity contribution in [1.82, 2.24) is 0 Å². The largest absolute Gasteiger partial charge is 0.376 e. The number of nitro groups is 1. The minimum atomic E-state index is -0.410. The van der Waals surface area contributed by atoms with Gasteiger partial charge >= 0.3 is 0 Å². The molecule has 96 valence electrons. The van der Waals surface area contributed by atoms with Crippen LogP contribution in [-0.4, -0.2) is 10.0 Å². The number of nitrogens with two attached hydrogens (primary N) is 1. The maximum Gasteiger partial charge on any atom is 0.277 e. The highest BCUT2D eigenvalue weighted by molar-refractivity contribution is 7.80. The van der Waals surface area contributed by atoms with Crippen LogP contribution in [0.4, 0.5) is 11.4 Å². The van der Waals surface area contributed by atoms with E-state index >= 15 is 0 Å². The third-order valence-corrected chi connectivity index (χ3v) is 2.68. The van der Waals surface area contributed by atoms with Gasteiger partial charge in [0.1, 0.15) is 0 Å². The lowest BCUT2D eigenvalue weighted by Crippen LogP contribution is -2.19. The first-order valence-electron chi connectivity index (χ1n) is 5.49. The van der Waals surface area contributed by atoms with Crippen molar-refractivity contribution in [2.75, 3.05) is 5.32 Å². The molecule has 0 aliphatic rings. The lowest BCUT2D eigenvalue weighted by molar-refractivity contribution is -0.384. The van der Waals surface area contributed by atoms with Crippen LogP contribution in [0, 0.1) is 10.1 Å². The van der Waals surface area contributed by atoms with Crippen LogP contribution in [-0.2, 0) is 0 Å². The predicted octanol–water partition coefficient (Wildman–Crippen LogP) is 2.92. The Morgan fingerprint density at radius 3 is 2.32 bits per heavy atom. The van der Waals surface area contributed by atoms with E-state index in [1.165, 1.54) is 6.07 Å². The van der Waals surface area contributed by atoms with E-state index < -0.39 is 4.92 Å². The molecule has 0 unspecified atom stereocenters. The summed E-state index contributed by atoms with van der Waals surface area (Å²) >= 11 is 4.80. The predicted molar refractivity (Wildman–Crippen MR) is 78.9 cm³/mol. The topological polar surface area (TPSA) is 81.2 Å². The molecule has 0 aliphatic heterocycles. The number of thiocarbonyl (C=S) groups is 1. The van der Waals surface area contributed by atoms with Crippen molar-refractivity contribution in [3.05, 3.63) is 58.6 Å². The fourth-order valence-electron chi connectivity index (χ4n) is 1.82. The third-order valence-electron chi connectivity index (χ3n) is 2.58. The van der Waals surface area contributed by atoms with E-state index in [4.69, 9.17) is 18.0 Å². The average molecular weight is 273 g/mol. The van der Waals surface area contributed by atoms with E-state index in [1.54, 1.807) is 42.5 Å². The first-order valence-corrected chi connectivity index (χ1v) is 5.89. The first-order chi connectivity index (χ1) is 9.09. The number of benzene rings is 2. The Hall–Kier alpha value is -2.47. The molecule has 0 atom stereocenters. The molecule has 2 rings (SSSR count). The molecule has 0 amide bonds. The minimum Gasteiger partial charge on any atom is -0.376 e. The number of nitrogens with one attached hydrogen (secondary N) is 1. The summed E-state index contributed by atoms with van der Waals surface area (Å²) in [7, 11) is 0. The molecular weight excluding hydrogens is 262 g/mol. The molecule has 5 nitrogen and oxygen atoms in total. The molecule has 3 N–H and O–H groups in total. The van der Waals surface area contributed by atoms with Crippen molar-refractivity contribution >= 4 is 28.7 Å². The van der Waals surface area contributed by atoms with Gasteiger partial charge in [0.2, 0.25) is 0 Å². The van der Waals surface area contributed by atoms with Crippen molar-refractivity contribution < 1.29 is 4.92 Å². The van der Waals surface area contributed by atoms with Crippen LogP contribution in [0.1, 0.15) is 0 Å². The van der Waals surface area contributed by atoms with Crippen LogP contribution in [0.3, 0.4) is 0 Å². The lowest BCUT2D eigenvalue weighted by Gasteiger charge is -2.10. The van der Waals surface area contributed by atoms with Gasteiger partial charge in [0.15, 0.2) is 5.11 Å². The van der Waals surface area contributed by atoms with Gasteiger partial charge in [-0.1, -0.05) is 30.3 Å². The molecule has 0 fully saturated rings. The van der Waals surface area contributed by atoms with Crippen LogP contribution in [0.15, 0.2) is 48.5 Å². The van der Waals surface area contributed by atoms with Gasteiger partial charge in [0.05, 0.1) is 10.5 Å². The van der Waals surface area contributed by atoms with E-state index in [0.717, 1.165) is 0 Å². The minimum absolute atomic E-state index is 0.0414. The standard InChI is InChI=1S/C13H11N3O2S/c14-13(19)15-11-7-3-1-5-9(11)10-6-2-4-8-12(10)16(17)18/h1-8H,(H3,14,15,19). The van der Waals surface area contributed by atoms with Crippen molar-refractivity contribution in [1.29, 1.82) is 0 Å². The Labute approximate surface area is 115 Å². The van der Waals surface area contributed by atoms with Crippen molar-refractivity contribution in [2.24, 2.45) is 5.73 Å². The lowest BCUT2D eigenvalue weighted by atomic mass is 10.0. The van der Waals surface area contributed by atoms with Gasteiger partial charge in [-0.05, 0) is 24.4 Å². The molecule has 0 aliphatic carbocycles. The van der Waals surface area contributed by atoms with E-state index in [0.29, 0.717) is 16.8 Å². The zero-order valence-electron chi connectivity index (χ0n) is 9.87. The number of hydrogen-bond acceptors (Lipinski definition) is 3. The van der Waals surface area contributed by atoms with Crippen LogP contribution in [0.2, 0.25) is 0 Å². The van der Waals surface area contributed by atoms with Gasteiger partial charge in [-0.15, -0.1) is 0 Å². The fraction of sp³-hybridized carbons (Fsp3) is 0. The molecule has 0 radical (unpaired) electrons. The molecule has 2 aromatic carbocycles. The smallest absolute Gasteiger partial charge is 0.277 e. The second kappa shape index (κ2) is 5.45. The number of nitro benzene ring substituents is 1. The molecular formula is C13H11N3O2S. The zero-order valence-corrected chi connectivity index (χ0v) is 10.7. The number of para-hydroxylation sites is 2. The summed E-state index contributed by atoms with van der Waals surface area (Å²) in [5, 5.41) is 14.0. The van der Waals surface area contributed by atoms with Crippen LogP contribution < -0.4 is 11.1 Å². The molecule has 0 heterocycles. The third kappa shape index (κ3) is 2.86. The normalized spacial score (nSPS) is 9.89. The Bertz CT molecular complexity index is 643. The van der Waals surface area contributed by atoms with Crippen LogP contribution in [0.25, 0.3) is 11.1 Å². The summed E-state index contributed by atoms with van der Waals surface area (Å²) in [6.45, 7) is 0. The number of anilines is 1. The van der Waals surface area contributed by atoms with Gasteiger partial charge < -0.3 is 11.1 Å². The molecule has 0 bridgehead atoms. The second-order valence-corrected chi connectivity index (χ2v) is 4.25. The molecule has 0 aromatic heterocycles. The Morgan fingerprint density at radius 2 is 1.68 bits per heavy atom. The maximum absolute atomic E-state index is 11.1. The molecule has 2 aromatic rings. The van der Waals surface area contributed by atoms with Gasteiger partial charge in [-0.2, -0.15) is 0 Å². The summed E-state index contributed by atoms with van der Waals surface area (Å²) in [5.74, 6) is 0. The van der Waals surface area contributed by atoms with E-state index in [2.05, 4.69) is 5.32 Å². The van der Waals surface area contributed by atoms with Gasteiger partial charge in [0.25, 0.3) is 5.69 Å². The van der Waals surface area contributed by atoms with Gasteiger partial charge in [-0.25, -0.2) is 0 Å².